The van der Waals surface area contributed by atoms with Crippen molar-refractivity contribution in [3.8, 4) is 45.5 Å². The minimum absolute atomic E-state index is 0.0953. The number of para-hydroxylation sites is 2. The van der Waals surface area contributed by atoms with Crippen LogP contribution >= 0.6 is 0 Å². The Hall–Kier alpha value is -4.78. The molecule has 0 radical (unpaired) electrons. The smallest absolute Gasteiger partial charge is 0.203 e. The normalized spacial score (nSPS) is 12.2. The number of nitrogens with one attached hydrogen (secondary N) is 1. The molecule has 2 N–H and O–H groups in total. The SMILES string of the molecule is COc1cc(-c2n/c(=C\c3c(O)[nH]c4ccccc34)cc3c2=Nc2ccccc2-3)cc(OC)c1OC. The molecule has 5 aromatic rings. The standard InChI is InChI=1S/C29H23N3O4/c1-34-24-12-16(13-25(35-2)28(24)36-3)26-27-20(18-8-4-6-10-22(18)31-27)14-17(30-26)15-21-19-9-5-7-11-23(19)32-29(21)33/h4-15,32-33H,1-3H3/b17-15-. The zero-order valence-corrected chi connectivity index (χ0v) is 20.0. The molecular weight excluding hydrogens is 454 g/mol. The van der Waals surface area contributed by atoms with Gasteiger partial charge in [0, 0.05) is 33.2 Å². The third kappa shape index (κ3) is 3.36. The minimum atomic E-state index is 0.0953. The van der Waals surface area contributed by atoms with Gasteiger partial charge in [0.2, 0.25) is 5.75 Å². The van der Waals surface area contributed by atoms with Gasteiger partial charge in [-0.3, -0.25) is 0 Å². The molecule has 7 nitrogen and oxygen atoms in total. The lowest BCUT2D eigenvalue weighted by Crippen LogP contribution is -2.19. The molecular formula is C29H23N3O4. The molecule has 7 heteroatoms. The minimum Gasteiger partial charge on any atom is -0.494 e. The van der Waals surface area contributed by atoms with Crippen LogP contribution in [0.3, 0.4) is 0 Å². The van der Waals surface area contributed by atoms with Gasteiger partial charge in [-0.2, -0.15) is 0 Å². The summed E-state index contributed by atoms with van der Waals surface area (Å²) in [6.45, 7) is 0. The molecule has 0 bridgehead atoms. The maximum atomic E-state index is 10.6. The lowest BCUT2D eigenvalue weighted by atomic mass is 10.0. The molecule has 0 saturated heterocycles. The first-order valence-corrected chi connectivity index (χ1v) is 11.4. The number of aromatic hydroxyl groups is 1. The van der Waals surface area contributed by atoms with Crippen LogP contribution < -0.4 is 24.9 Å². The van der Waals surface area contributed by atoms with E-state index in [1.807, 2.05) is 66.7 Å². The van der Waals surface area contributed by atoms with E-state index < -0.39 is 0 Å². The van der Waals surface area contributed by atoms with Gasteiger partial charge in [-0.25, -0.2) is 9.98 Å². The molecule has 3 heterocycles. The Morgan fingerprint density at radius 1 is 0.833 bits per heavy atom. The summed E-state index contributed by atoms with van der Waals surface area (Å²) in [7, 11) is 4.75. The van der Waals surface area contributed by atoms with Gasteiger partial charge in [-0.05, 0) is 36.4 Å². The monoisotopic (exact) mass is 477 g/mol. The fourth-order valence-electron chi connectivity index (χ4n) is 4.73. The Bertz CT molecular complexity index is 1750. The summed E-state index contributed by atoms with van der Waals surface area (Å²) in [5, 5.41) is 13.0. The molecule has 0 aliphatic carbocycles. The van der Waals surface area contributed by atoms with Crippen LogP contribution in [0, 0.1) is 0 Å². The summed E-state index contributed by atoms with van der Waals surface area (Å²) in [5.74, 6) is 1.66. The van der Waals surface area contributed by atoms with Gasteiger partial charge in [0.05, 0.1) is 43.4 Å². The van der Waals surface area contributed by atoms with E-state index >= 15 is 0 Å². The number of methoxy groups -OCH3 is 3. The van der Waals surface area contributed by atoms with Gasteiger partial charge < -0.3 is 24.3 Å². The molecule has 1 aliphatic rings. The van der Waals surface area contributed by atoms with Gasteiger partial charge in [0.25, 0.3) is 0 Å². The first kappa shape index (κ1) is 21.7. The van der Waals surface area contributed by atoms with E-state index in [9.17, 15) is 5.11 Å². The van der Waals surface area contributed by atoms with Crippen molar-refractivity contribution < 1.29 is 19.3 Å². The van der Waals surface area contributed by atoms with Gasteiger partial charge >= 0.3 is 0 Å². The molecule has 0 spiro atoms. The molecule has 0 unspecified atom stereocenters. The number of ether oxygens (including phenoxy) is 3. The van der Waals surface area contributed by atoms with Crippen molar-refractivity contribution in [1.29, 1.82) is 0 Å². The highest BCUT2D eigenvalue weighted by Crippen LogP contribution is 2.41. The summed E-state index contributed by atoms with van der Waals surface area (Å²) in [6, 6.07) is 21.5. The summed E-state index contributed by atoms with van der Waals surface area (Å²) in [6.07, 6.45) is 1.89. The fourth-order valence-corrected chi connectivity index (χ4v) is 4.73. The molecule has 1 aliphatic heterocycles. The van der Waals surface area contributed by atoms with Crippen molar-refractivity contribution in [2.75, 3.05) is 21.3 Å². The van der Waals surface area contributed by atoms with Crippen molar-refractivity contribution >= 4 is 22.7 Å². The van der Waals surface area contributed by atoms with E-state index in [1.165, 1.54) is 0 Å². The largest absolute Gasteiger partial charge is 0.494 e. The third-order valence-electron chi connectivity index (χ3n) is 6.39. The number of aromatic amines is 1. The Balaban J connectivity index is 1.67. The fraction of sp³-hybridized carbons (Fsp3) is 0.103. The van der Waals surface area contributed by atoms with Crippen LogP contribution in [0.1, 0.15) is 5.56 Å². The Morgan fingerprint density at radius 3 is 2.31 bits per heavy atom. The molecule has 0 saturated carbocycles. The van der Waals surface area contributed by atoms with Crippen molar-refractivity contribution in [1.82, 2.24) is 9.97 Å². The number of benzene rings is 3. The number of rotatable bonds is 5. The Morgan fingerprint density at radius 2 is 1.56 bits per heavy atom. The van der Waals surface area contributed by atoms with E-state index in [2.05, 4.69) is 11.1 Å². The van der Waals surface area contributed by atoms with Crippen molar-refractivity contribution in [2.24, 2.45) is 4.99 Å². The van der Waals surface area contributed by atoms with Crippen LogP contribution in [0.5, 0.6) is 23.1 Å². The average Bonchev–Trinajstić information content (AvgIpc) is 3.44. The number of H-pyrrole nitrogens is 1. The van der Waals surface area contributed by atoms with E-state index in [0.29, 0.717) is 33.9 Å². The van der Waals surface area contributed by atoms with Crippen LogP contribution in [0.2, 0.25) is 0 Å². The van der Waals surface area contributed by atoms with Crippen molar-refractivity contribution in [2.45, 2.75) is 0 Å². The lowest BCUT2D eigenvalue weighted by molar-refractivity contribution is 0.324. The summed E-state index contributed by atoms with van der Waals surface area (Å²) in [4.78, 5) is 12.9. The second-order valence-corrected chi connectivity index (χ2v) is 8.41. The number of pyridine rings is 1. The molecule has 6 rings (SSSR count). The quantitative estimate of drug-likeness (QED) is 0.375. The van der Waals surface area contributed by atoms with Gasteiger partial charge in [-0.15, -0.1) is 0 Å². The first-order valence-electron chi connectivity index (χ1n) is 11.4. The van der Waals surface area contributed by atoms with E-state index in [0.717, 1.165) is 38.6 Å². The summed E-state index contributed by atoms with van der Waals surface area (Å²) in [5.41, 5.74) is 5.86. The maximum absolute atomic E-state index is 10.6. The zero-order valence-electron chi connectivity index (χ0n) is 20.0. The number of hydrogen-bond donors (Lipinski definition) is 2. The van der Waals surface area contributed by atoms with Gasteiger partial charge in [0.15, 0.2) is 17.4 Å². The molecule has 36 heavy (non-hydrogen) atoms. The van der Waals surface area contributed by atoms with E-state index in [-0.39, 0.29) is 5.88 Å². The molecule has 3 aromatic carbocycles. The highest BCUT2D eigenvalue weighted by atomic mass is 16.5. The molecule has 0 amide bonds. The number of fused-ring (bicyclic) bond motifs is 4. The highest BCUT2D eigenvalue weighted by molar-refractivity contribution is 5.92. The average molecular weight is 478 g/mol. The van der Waals surface area contributed by atoms with Crippen LogP contribution in [0.25, 0.3) is 39.4 Å². The van der Waals surface area contributed by atoms with Crippen LogP contribution in [0.4, 0.5) is 5.69 Å². The van der Waals surface area contributed by atoms with Crippen LogP contribution in [-0.4, -0.2) is 36.4 Å². The van der Waals surface area contributed by atoms with Crippen molar-refractivity contribution in [3.63, 3.8) is 0 Å². The maximum Gasteiger partial charge on any atom is 0.203 e. The van der Waals surface area contributed by atoms with Gasteiger partial charge in [-0.1, -0.05) is 36.4 Å². The van der Waals surface area contributed by atoms with E-state index in [4.69, 9.17) is 24.2 Å². The summed E-state index contributed by atoms with van der Waals surface area (Å²) >= 11 is 0. The van der Waals surface area contributed by atoms with E-state index in [1.54, 1.807) is 21.3 Å². The first-order chi connectivity index (χ1) is 17.6. The third-order valence-corrected chi connectivity index (χ3v) is 6.39. The number of nitrogens with zero attached hydrogens (tertiary/aromatic N) is 2. The zero-order chi connectivity index (χ0) is 24.8. The number of aromatic nitrogens is 2. The lowest BCUT2D eigenvalue weighted by Gasteiger charge is -2.14. The molecule has 0 fully saturated rings. The second-order valence-electron chi connectivity index (χ2n) is 8.41. The number of hydrogen-bond acceptors (Lipinski definition) is 6. The van der Waals surface area contributed by atoms with Crippen LogP contribution in [0.15, 0.2) is 71.7 Å². The molecule has 2 aromatic heterocycles. The topological polar surface area (TPSA) is 89.0 Å². The highest BCUT2D eigenvalue weighted by Gasteiger charge is 2.21. The molecule has 0 atom stereocenters. The predicted octanol–water partition coefficient (Wildman–Crippen LogP) is 4.72. The Kier molecular flexibility index (Phi) is 5.11. The van der Waals surface area contributed by atoms with Crippen molar-refractivity contribution in [3.05, 3.63) is 83.0 Å². The van der Waals surface area contributed by atoms with Gasteiger partial charge in [0.1, 0.15) is 0 Å². The second kappa shape index (κ2) is 8.46. The molecule has 178 valence electrons. The Labute approximate surface area is 207 Å². The summed E-state index contributed by atoms with van der Waals surface area (Å²) < 4.78 is 16.7. The van der Waals surface area contributed by atoms with Crippen LogP contribution in [-0.2, 0) is 0 Å². The predicted molar refractivity (Wildman–Crippen MR) is 139 cm³/mol.